The van der Waals surface area contributed by atoms with Crippen LogP contribution in [0.25, 0.3) is 0 Å². The van der Waals surface area contributed by atoms with Gasteiger partial charge in [-0.25, -0.2) is 0 Å². The lowest BCUT2D eigenvalue weighted by Crippen LogP contribution is -2.48. The molecule has 2 fully saturated rings. The van der Waals surface area contributed by atoms with Crippen LogP contribution in [0.1, 0.15) is 36.0 Å². The second-order valence-corrected chi connectivity index (χ2v) is 5.69. The highest BCUT2D eigenvalue weighted by Crippen LogP contribution is 2.21. The predicted molar refractivity (Wildman–Crippen MR) is 72.9 cm³/mol. The molecule has 2 aliphatic heterocycles. The SMILES string of the molecule is Cn1cc(C(=O)N2CCCC(N3CCCC3)C2)cn1. The average molecular weight is 262 g/mol. The fourth-order valence-electron chi connectivity index (χ4n) is 3.26. The van der Waals surface area contributed by atoms with Gasteiger partial charge < -0.3 is 4.90 Å². The van der Waals surface area contributed by atoms with Gasteiger partial charge in [0.25, 0.3) is 5.91 Å². The largest absolute Gasteiger partial charge is 0.337 e. The molecule has 1 atom stereocenters. The molecule has 1 amide bonds. The Morgan fingerprint density at radius 1 is 1.26 bits per heavy atom. The molecule has 0 radical (unpaired) electrons. The average Bonchev–Trinajstić information content (AvgIpc) is 3.09. The minimum atomic E-state index is 0.136. The van der Waals surface area contributed by atoms with Crippen molar-refractivity contribution in [2.75, 3.05) is 26.2 Å². The number of hydrogen-bond donors (Lipinski definition) is 0. The summed E-state index contributed by atoms with van der Waals surface area (Å²) >= 11 is 0. The van der Waals surface area contributed by atoms with E-state index in [4.69, 9.17) is 0 Å². The summed E-state index contributed by atoms with van der Waals surface area (Å²) < 4.78 is 1.69. The molecule has 104 valence electrons. The lowest BCUT2D eigenvalue weighted by atomic mass is 10.0. The zero-order valence-electron chi connectivity index (χ0n) is 11.6. The fourth-order valence-corrected chi connectivity index (χ4v) is 3.26. The second-order valence-electron chi connectivity index (χ2n) is 5.69. The topological polar surface area (TPSA) is 41.4 Å². The molecule has 0 spiro atoms. The molecule has 3 heterocycles. The predicted octanol–water partition coefficient (Wildman–Crippen LogP) is 1.12. The van der Waals surface area contributed by atoms with Gasteiger partial charge in [0, 0.05) is 32.4 Å². The van der Waals surface area contributed by atoms with Crippen molar-refractivity contribution < 1.29 is 4.79 Å². The van der Waals surface area contributed by atoms with Gasteiger partial charge in [0.1, 0.15) is 0 Å². The molecular formula is C14H22N4O. The summed E-state index contributed by atoms with van der Waals surface area (Å²) in [6, 6.07) is 0.567. The van der Waals surface area contributed by atoms with Crippen LogP contribution in [0.15, 0.2) is 12.4 Å². The molecule has 3 rings (SSSR count). The lowest BCUT2D eigenvalue weighted by Gasteiger charge is -2.37. The summed E-state index contributed by atoms with van der Waals surface area (Å²) in [6.45, 7) is 4.19. The van der Waals surface area contributed by atoms with E-state index in [2.05, 4.69) is 10.00 Å². The number of nitrogens with zero attached hydrogens (tertiary/aromatic N) is 4. The summed E-state index contributed by atoms with van der Waals surface area (Å²) in [5.41, 5.74) is 0.713. The second kappa shape index (κ2) is 5.33. The minimum Gasteiger partial charge on any atom is -0.337 e. The number of carbonyl (C=O) groups excluding carboxylic acids is 1. The maximum atomic E-state index is 12.4. The van der Waals surface area contributed by atoms with Gasteiger partial charge in [-0.15, -0.1) is 0 Å². The van der Waals surface area contributed by atoms with E-state index in [9.17, 15) is 4.79 Å². The van der Waals surface area contributed by atoms with Crippen LogP contribution in [-0.2, 0) is 7.05 Å². The molecular weight excluding hydrogens is 240 g/mol. The first-order valence-electron chi connectivity index (χ1n) is 7.26. The highest BCUT2D eigenvalue weighted by molar-refractivity contribution is 5.93. The van der Waals surface area contributed by atoms with Crippen LogP contribution in [0.4, 0.5) is 0 Å². The van der Waals surface area contributed by atoms with Crippen molar-refractivity contribution in [2.24, 2.45) is 7.05 Å². The number of likely N-dealkylation sites (tertiary alicyclic amines) is 2. The first-order chi connectivity index (χ1) is 9.24. The minimum absolute atomic E-state index is 0.136. The summed E-state index contributed by atoms with van der Waals surface area (Å²) in [5.74, 6) is 0.136. The van der Waals surface area contributed by atoms with Crippen molar-refractivity contribution >= 4 is 5.91 Å². The van der Waals surface area contributed by atoms with Crippen LogP contribution in [0.3, 0.4) is 0 Å². The Morgan fingerprint density at radius 3 is 2.74 bits per heavy atom. The molecule has 0 bridgehead atoms. The highest BCUT2D eigenvalue weighted by Gasteiger charge is 2.29. The molecule has 2 saturated heterocycles. The normalized spacial score (nSPS) is 24.9. The monoisotopic (exact) mass is 262 g/mol. The Morgan fingerprint density at radius 2 is 2.05 bits per heavy atom. The van der Waals surface area contributed by atoms with Gasteiger partial charge in [-0.05, 0) is 38.8 Å². The smallest absolute Gasteiger partial charge is 0.257 e. The Labute approximate surface area is 114 Å². The van der Waals surface area contributed by atoms with Gasteiger partial charge in [0.2, 0.25) is 0 Å². The van der Waals surface area contributed by atoms with E-state index in [-0.39, 0.29) is 5.91 Å². The molecule has 1 unspecified atom stereocenters. The van der Waals surface area contributed by atoms with Crippen molar-refractivity contribution in [2.45, 2.75) is 31.7 Å². The Kier molecular flexibility index (Phi) is 3.55. The summed E-state index contributed by atoms with van der Waals surface area (Å²) in [5, 5.41) is 4.09. The van der Waals surface area contributed by atoms with E-state index in [1.165, 1.54) is 32.4 Å². The van der Waals surface area contributed by atoms with E-state index in [0.717, 1.165) is 19.5 Å². The van der Waals surface area contributed by atoms with Gasteiger partial charge in [0.05, 0.1) is 11.8 Å². The third-order valence-corrected chi connectivity index (χ3v) is 4.29. The van der Waals surface area contributed by atoms with Crippen LogP contribution >= 0.6 is 0 Å². The van der Waals surface area contributed by atoms with Gasteiger partial charge in [-0.3, -0.25) is 14.4 Å². The van der Waals surface area contributed by atoms with E-state index >= 15 is 0 Å². The maximum absolute atomic E-state index is 12.4. The Hall–Kier alpha value is -1.36. The Bertz CT molecular complexity index is 450. The number of aromatic nitrogens is 2. The standard InChI is InChI=1S/C14H22N4O/c1-16-10-12(9-15-16)14(19)18-8-4-5-13(11-18)17-6-2-3-7-17/h9-10,13H,2-8,11H2,1H3. The molecule has 19 heavy (non-hydrogen) atoms. The van der Waals surface area contributed by atoms with Crippen LogP contribution in [0, 0.1) is 0 Å². The van der Waals surface area contributed by atoms with Crippen molar-refractivity contribution in [3.05, 3.63) is 18.0 Å². The van der Waals surface area contributed by atoms with Crippen molar-refractivity contribution in [1.29, 1.82) is 0 Å². The zero-order valence-corrected chi connectivity index (χ0v) is 11.6. The quantitative estimate of drug-likeness (QED) is 0.802. The third-order valence-electron chi connectivity index (χ3n) is 4.29. The van der Waals surface area contributed by atoms with Crippen molar-refractivity contribution in [3.63, 3.8) is 0 Å². The summed E-state index contributed by atoms with van der Waals surface area (Å²) in [4.78, 5) is 17.0. The molecule has 5 nitrogen and oxygen atoms in total. The molecule has 0 aliphatic carbocycles. The van der Waals surface area contributed by atoms with Crippen LogP contribution in [-0.4, -0.2) is 57.7 Å². The summed E-state index contributed by atoms with van der Waals surface area (Å²) in [7, 11) is 1.85. The van der Waals surface area contributed by atoms with E-state index < -0.39 is 0 Å². The van der Waals surface area contributed by atoms with E-state index in [1.807, 2.05) is 18.1 Å². The number of carbonyl (C=O) groups is 1. The van der Waals surface area contributed by atoms with Gasteiger partial charge in [-0.2, -0.15) is 5.10 Å². The lowest BCUT2D eigenvalue weighted by molar-refractivity contribution is 0.0608. The number of aryl methyl sites for hydroxylation is 1. The molecule has 1 aromatic rings. The van der Waals surface area contributed by atoms with Gasteiger partial charge in [0.15, 0.2) is 0 Å². The first kappa shape index (κ1) is 12.7. The fraction of sp³-hybridized carbons (Fsp3) is 0.714. The van der Waals surface area contributed by atoms with Crippen LogP contribution in [0.2, 0.25) is 0 Å². The first-order valence-corrected chi connectivity index (χ1v) is 7.26. The number of amides is 1. The van der Waals surface area contributed by atoms with E-state index in [0.29, 0.717) is 11.6 Å². The van der Waals surface area contributed by atoms with Crippen molar-refractivity contribution in [3.8, 4) is 0 Å². The van der Waals surface area contributed by atoms with Gasteiger partial charge >= 0.3 is 0 Å². The zero-order chi connectivity index (χ0) is 13.2. The molecule has 2 aliphatic rings. The van der Waals surface area contributed by atoms with Crippen LogP contribution < -0.4 is 0 Å². The molecule has 0 saturated carbocycles. The van der Waals surface area contributed by atoms with Crippen LogP contribution in [0.5, 0.6) is 0 Å². The number of piperidine rings is 1. The Balaban J connectivity index is 1.65. The maximum Gasteiger partial charge on any atom is 0.257 e. The van der Waals surface area contributed by atoms with Crippen molar-refractivity contribution in [1.82, 2.24) is 19.6 Å². The summed E-state index contributed by atoms with van der Waals surface area (Å²) in [6.07, 6.45) is 8.45. The van der Waals surface area contributed by atoms with Gasteiger partial charge in [-0.1, -0.05) is 0 Å². The molecule has 0 aromatic carbocycles. The van der Waals surface area contributed by atoms with E-state index in [1.54, 1.807) is 10.9 Å². The number of hydrogen-bond acceptors (Lipinski definition) is 3. The number of rotatable bonds is 2. The highest BCUT2D eigenvalue weighted by atomic mass is 16.2. The molecule has 5 heteroatoms. The molecule has 1 aromatic heterocycles. The molecule has 0 N–H and O–H groups in total. The third kappa shape index (κ3) is 2.66.